The molecule has 0 radical (unpaired) electrons. The molecule has 2 rings (SSSR count). The molecule has 0 aliphatic heterocycles. The van der Waals surface area contributed by atoms with Crippen LogP contribution in [0.3, 0.4) is 0 Å². The van der Waals surface area contributed by atoms with E-state index in [2.05, 4.69) is 31.0 Å². The summed E-state index contributed by atoms with van der Waals surface area (Å²) in [5.74, 6) is 1.03. The minimum absolute atomic E-state index is 0.227. The lowest BCUT2D eigenvalue weighted by molar-refractivity contribution is 0.136. The van der Waals surface area contributed by atoms with E-state index in [9.17, 15) is 0 Å². The molecule has 0 aromatic carbocycles. The summed E-state index contributed by atoms with van der Waals surface area (Å²) in [6.45, 7) is 3.91. The molecule has 0 spiro atoms. The van der Waals surface area contributed by atoms with Gasteiger partial charge in [0.1, 0.15) is 4.60 Å². The Morgan fingerprint density at radius 2 is 2.26 bits per heavy atom. The number of nitrogens with two attached hydrogens (primary N) is 1. The molecule has 0 bridgehead atoms. The van der Waals surface area contributed by atoms with Crippen LogP contribution in [-0.2, 0) is 11.3 Å². The third kappa shape index (κ3) is 3.90. The Morgan fingerprint density at radius 3 is 3.05 bits per heavy atom. The molecular weight excluding hydrogens is 314 g/mol. The van der Waals surface area contributed by atoms with Crippen molar-refractivity contribution in [3.8, 4) is 11.6 Å². The smallest absolute Gasteiger partial charge is 0.263 e. The van der Waals surface area contributed by atoms with E-state index in [1.807, 2.05) is 6.92 Å². The van der Waals surface area contributed by atoms with Crippen molar-refractivity contribution >= 4 is 21.7 Å². The summed E-state index contributed by atoms with van der Waals surface area (Å²) in [6.07, 6.45) is 4.85. The second-order valence-corrected chi connectivity index (χ2v) is 4.43. The maximum atomic E-state index is 5.68. The lowest BCUT2D eigenvalue weighted by atomic mass is 10.6. The normalized spacial score (nSPS) is 10.6. The Bertz CT molecular complexity index is 546. The van der Waals surface area contributed by atoms with Gasteiger partial charge in [-0.1, -0.05) is 0 Å². The Hall–Kier alpha value is -1.67. The van der Waals surface area contributed by atoms with E-state index in [1.54, 1.807) is 17.1 Å². The number of nitrogen functional groups attached to an aromatic ring is 1. The highest BCUT2D eigenvalue weighted by Gasteiger charge is 2.08. The number of rotatable bonds is 6. The third-order valence-corrected chi connectivity index (χ3v) is 2.61. The first-order chi connectivity index (χ1) is 9.19. The number of nitrogens with zero attached hydrogens (tertiary/aromatic N) is 4. The molecule has 0 atom stereocenters. The molecule has 0 saturated heterocycles. The Kier molecular flexibility index (Phi) is 4.69. The standard InChI is InChI=1S/C11H14BrN5O2/c1-2-18-4-3-17-7-8(5-15-17)19-11-10(13)14-6-9(12)16-11/h5-7H,2-4H2,1H3,(H2,13,14). The molecule has 0 fully saturated rings. The zero-order valence-electron chi connectivity index (χ0n) is 10.4. The summed E-state index contributed by atoms with van der Waals surface area (Å²) >= 11 is 3.21. The first-order valence-electron chi connectivity index (χ1n) is 5.75. The summed E-state index contributed by atoms with van der Waals surface area (Å²) in [5.41, 5.74) is 5.68. The zero-order chi connectivity index (χ0) is 13.7. The van der Waals surface area contributed by atoms with E-state index in [0.29, 0.717) is 30.1 Å². The SMILES string of the molecule is CCOCCn1cc(Oc2nc(Br)cnc2N)cn1. The number of aromatic nitrogens is 4. The maximum absolute atomic E-state index is 5.68. The molecule has 8 heteroatoms. The van der Waals surface area contributed by atoms with Crippen LogP contribution in [-0.4, -0.2) is 33.0 Å². The predicted octanol–water partition coefficient (Wildman–Crippen LogP) is 1.85. The number of ether oxygens (including phenoxy) is 2. The zero-order valence-corrected chi connectivity index (χ0v) is 12.0. The van der Waals surface area contributed by atoms with Crippen molar-refractivity contribution in [1.29, 1.82) is 0 Å². The lowest BCUT2D eigenvalue weighted by Gasteiger charge is -2.04. The quantitative estimate of drug-likeness (QED) is 0.814. The molecule has 2 N–H and O–H groups in total. The molecule has 0 aliphatic rings. The van der Waals surface area contributed by atoms with Gasteiger partial charge in [0.25, 0.3) is 5.88 Å². The summed E-state index contributed by atoms with van der Waals surface area (Å²) in [6, 6.07) is 0. The van der Waals surface area contributed by atoms with Crippen molar-refractivity contribution in [2.45, 2.75) is 13.5 Å². The molecule has 0 unspecified atom stereocenters. The van der Waals surface area contributed by atoms with Crippen molar-refractivity contribution in [3.05, 3.63) is 23.2 Å². The van der Waals surface area contributed by atoms with Gasteiger partial charge in [0.05, 0.1) is 31.7 Å². The Labute approximate surface area is 118 Å². The monoisotopic (exact) mass is 327 g/mol. The van der Waals surface area contributed by atoms with Gasteiger partial charge in [-0.2, -0.15) is 5.10 Å². The molecule has 7 nitrogen and oxygen atoms in total. The minimum atomic E-state index is 0.227. The third-order valence-electron chi connectivity index (χ3n) is 2.23. The summed E-state index contributed by atoms with van der Waals surface area (Å²) in [4.78, 5) is 8.04. The van der Waals surface area contributed by atoms with Gasteiger partial charge in [0.2, 0.25) is 0 Å². The van der Waals surface area contributed by atoms with E-state index in [4.69, 9.17) is 15.2 Å². The van der Waals surface area contributed by atoms with E-state index in [1.165, 1.54) is 6.20 Å². The summed E-state index contributed by atoms with van der Waals surface area (Å²) in [7, 11) is 0. The fourth-order valence-electron chi connectivity index (χ4n) is 1.37. The van der Waals surface area contributed by atoms with Gasteiger partial charge in [0.15, 0.2) is 11.6 Å². The summed E-state index contributed by atoms with van der Waals surface area (Å²) in [5, 5.41) is 4.15. The average Bonchev–Trinajstić information content (AvgIpc) is 2.82. The molecule has 0 amide bonds. The van der Waals surface area contributed by atoms with Crippen molar-refractivity contribution in [2.24, 2.45) is 0 Å². The van der Waals surface area contributed by atoms with Gasteiger partial charge >= 0.3 is 0 Å². The Morgan fingerprint density at radius 1 is 1.42 bits per heavy atom. The van der Waals surface area contributed by atoms with Crippen LogP contribution in [0, 0.1) is 0 Å². The Balaban J connectivity index is 2.01. The fourth-order valence-corrected chi connectivity index (χ4v) is 1.63. The van der Waals surface area contributed by atoms with Gasteiger partial charge in [-0.15, -0.1) is 0 Å². The minimum Gasteiger partial charge on any atom is -0.433 e. The predicted molar refractivity (Wildman–Crippen MR) is 72.9 cm³/mol. The van der Waals surface area contributed by atoms with Gasteiger partial charge in [-0.05, 0) is 22.9 Å². The number of anilines is 1. The van der Waals surface area contributed by atoms with Gasteiger partial charge in [-0.25, -0.2) is 9.97 Å². The maximum Gasteiger partial charge on any atom is 0.263 e. The number of hydrogen-bond donors (Lipinski definition) is 1. The highest BCUT2D eigenvalue weighted by molar-refractivity contribution is 9.10. The van der Waals surface area contributed by atoms with E-state index >= 15 is 0 Å². The molecule has 2 heterocycles. The van der Waals surface area contributed by atoms with Crippen LogP contribution in [0.1, 0.15) is 6.92 Å². The second-order valence-electron chi connectivity index (χ2n) is 3.62. The molecular formula is C11H14BrN5O2. The molecule has 2 aromatic rings. The van der Waals surface area contributed by atoms with Crippen LogP contribution in [0.15, 0.2) is 23.2 Å². The lowest BCUT2D eigenvalue weighted by Crippen LogP contribution is -2.05. The molecule has 19 heavy (non-hydrogen) atoms. The van der Waals surface area contributed by atoms with Gasteiger partial charge < -0.3 is 15.2 Å². The molecule has 102 valence electrons. The first kappa shape index (κ1) is 13.8. The van der Waals surface area contributed by atoms with Crippen molar-refractivity contribution in [2.75, 3.05) is 18.9 Å². The van der Waals surface area contributed by atoms with E-state index in [0.717, 1.165) is 0 Å². The topological polar surface area (TPSA) is 88.1 Å². The fraction of sp³-hybridized carbons (Fsp3) is 0.364. The van der Waals surface area contributed by atoms with E-state index < -0.39 is 0 Å². The molecule has 0 aliphatic carbocycles. The van der Waals surface area contributed by atoms with Crippen molar-refractivity contribution in [1.82, 2.24) is 19.7 Å². The largest absolute Gasteiger partial charge is 0.433 e. The highest BCUT2D eigenvalue weighted by Crippen LogP contribution is 2.24. The van der Waals surface area contributed by atoms with Crippen molar-refractivity contribution in [3.63, 3.8) is 0 Å². The van der Waals surface area contributed by atoms with Gasteiger partial charge in [0, 0.05) is 6.61 Å². The van der Waals surface area contributed by atoms with Crippen molar-refractivity contribution < 1.29 is 9.47 Å². The van der Waals surface area contributed by atoms with Crippen LogP contribution in [0.5, 0.6) is 11.6 Å². The van der Waals surface area contributed by atoms with Gasteiger partial charge in [-0.3, -0.25) is 4.68 Å². The molecule has 2 aromatic heterocycles. The van der Waals surface area contributed by atoms with Crippen LogP contribution in [0.4, 0.5) is 5.82 Å². The average molecular weight is 328 g/mol. The highest BCUT2D eigenvalue weighted by atomic mass is 79.9. The first-order valence-corrected chi connectivity index (χ1v) is 6.54. The second kappa shape index (κ2) is 6.48. The van der Waals surface area contributed by atoms with Crippen LogP contribution >= 0.6 is 15.9 Å². The summed E-state index contributed by atoms with van der Waals surface area (Å²) < 4.78 is 13.1. The van der Waals surface area contributed by atoms with Crippen LogP contribution in [0.2, 0.25) is 0 Å². The number of halogens is 1. The van der Waals surface area contributed by atoms with Crippen LogP contribution in [0.25, 0.3) is 0 Å². The molecule has 0 saturated carbocycles. The van der Waals surface area contributed by atoms with E-state index in [-0.39, 0.29) is 11.7 Å². The van der Waals surface area contributed by atoms with Crippen LogP contribution < -0.4 is 10.5 Å². The number of hydrogen-bond acceptors (Lipinski definition) is 6.